The molecule has 0 radical (unpaired) electrons. The first kappa shape index (κ1) is 16.2. The Labute approximate surface area is 153 Å². The Morgan fingerprint density at radius 3 is 2.08 bits per heavy atom. The van der Waals surface area contributed by atoms with Gasteiger partial charge in [0, 0.05) is 29.8 Å². The largest absolute Gasteiger partial charge is 0.244 e. The molecule has 0 atom stereocenters. The van der Waals surface area contributed by atoms with E-state index in [4.69, 9.17) is 0 Å². The number of benzene rings is 2. The number of rotatable bonds is 5. The lowest BCUT2D eigenvalue weighted by Gasteiger charge is -2.09. The average molecular weight is 341 g/mol. The van der Waals surface area contributed by atoms with Crippen LogP contribution in [0.1, 0.15) is 5.56 Å². The highest BCUT2D eigenvalue weighted by atomic mass is 15.4. The minimum absolute atomic E-state index is 0.789. The predicted octanol–water partition coefficient (Wildman–Crippen LogP) is 3.68. The number of aryl methyl sites for hydroxylation is 3. The number of hydrogen-bond donors (Lipinski definition) is 0. The summed E-state index contributed by atoms with van der Waals surface area (Å²) in [5.41, 5.74) is 5.51. The van der Waals surface area contributed by atoms with Gasteiger partial charge in [0.25, 0.3) is 0 Å². The van der Waals surface area contributed by atoms with Crippen LogP contribution in [0.5, 0.6) is 0 Å². The zero-order chi connectivity index (χ0) is 17.8. The molecule has 4 heteroatoms. The van der Waals surface area contributed by atoms with Crippen LogP contribution < -0.4 is 4.57 Å². The lowest BCUT2D eigenvalue weighted by molar-refractivity contribution is -0.671. The summed E-state index contributed by atoms with van der Waals surface area (Å²) in [4.78, 5) is 0. The summed E-state index contributed by atoms with van der Waals surface area (Å²) in [6, 6.07) is 24.9. The van der Waals surface area contributed by atoms with E-state index in [0.29, 0.717) is 0 Å². The minimum Gasteiger partial charge on any atom is -0.244 e. The van der Waals surface area contributed by atoms with Crippen molar-refractivity contribution in [3.05, 3.63) is 90.8 Å². The SMILES string of the molecule is C[n+]1ccc(CCn2nnc(-c3ccccc3)c2-c2ccccc2)cc1. The van der Waals surface area contributed by atoms with E-state index >= 15 is 0 Å². The van der Waals surface area contributed by atoms with Gasteiger partial charge in [0.15, 0.2) is 12.4 Å². The van der Waals surface area contributed by atoms with Gasteiger partial charge in [-0.25, -0.2) is 9.25 Å². The van der Waals surface area contributed by atoms with Crippen LogP contribution in [-0.2, 0) is 20.0 Å². The van der Waals surface area contributed by atoms with E-state index in [9.17, 15) is 0 Å². The van der Waals surface area contributed by atoms with E-state index < -0.39 is 0 Å². The van der Waals surface area contributed by atoms with E-state index in [2.05, 4.69) is 71.2 Å². The van der Waals surface area contributed by atoms with Crippen LogP contribution in [0.2, 0.25) is 0 Å². The smallest absolute Gasteiger partial charge is 0.168 e. The second kappa shape index (κ2) is 7.31. The average Bonchev–Trinajstić information content (AvgIpc) is 3.13. The standard InChI is InChI=1S/C22H21N4/c1-25-15-12-18(13-16-25)14-17-26-22(20-10-6-3-7-11-20)21(23-24-26)19-8-4-2-5-9-19/h2-13,15-16H,14,17H2,1H3/q+1. The molecule has 0 aliphatic heterocycles. The highest BCUT2D eigenvalue weighted by Gasteiger charge is 2.16. The van der Waals surface area contributed by atoms with Crippen molar-refractivity contribution in [2.75, 3.05) is 0 Å². The van der Waals surface area contributed by atoms with Crippen LogP contribution in [0.15, 0.2) is 85.2 Å². The van der Waals surface area contributed by atoms with E-state index in [1.807, 2.05) is 40.6 Å². The highest BCUT2D eigenvalue weighted by Crippen LogP contribution is 2.30. The minimum atomic E-state index is 0.789. The Morgan fingerprint density at radius 2 is 1.42 bits per heavy atom. The van der Waals surface area contributed by atoms with Gasteiger partial charge in [-0.1, -0.05) is 65.9 Å². The maximum atomic E-state index is 4.50. The lowest BCUT2D eigenvalue weighted by Crippen LogP contribution is -2.26. The van der Waals surface area contributed by atoms with Crippen LogP contribution in [0.3, 0.4) is 0 Å². The molecule has 0 N–H and O–H groups in total. The first-order valence-corrected chi connectivity index (χ1v) is 8.80. The summed E-state index contributed by atoms with van der Waals surface area (Å²) in [6.07, 6.45) is 5.06. The van der Waals surface area contributed by atoms with Gasteiger partial charge in [0.1, 0.15) is 12.7 Å². The molecule has 4 nitrogen and oxygen atoms in total. The molecule has 0 aliphatic rings. The zero-order valence-electron chi connectivity index (χ0n) is 14.8. The second-order valence-electron chi connectivity index (χ2n) is 6.36. The summed E-state index contributed by atoms with van der Waals surface area (Å²) >= 11 is 0. The quantitative estimate of drug-likeness (QED) is 0.519. The number of pyridine rings is 1. The number of aromatic nitrogens is 4. The van der Waals surface area contributed by atoms with Crippen LogP contribution in [0, 0.1) is 0 Å². The summed E-state index contributed by atoms with van der Waals surface area (Å²) in [5.74, 6) is 0. The number of nitrogens with zero attached hydrogens (tertiary/aromatic N) is 4. The predicted molar refractivity (Wildman–Crippen MR) is 102 cm³/mol. The summed E-state index contributed by atoms with van der Waals surface area (Å²) in [6.45, 7) is 0.789. The summed E-state index contributed by atoms with van der Waals surface area (Å²) in [5, 5.41) is 8.96. The fourth-order valence-electron chi connectivity index (χ4n) is 3.08. The first-order valence-electron chi connectivity index (χ1n) is 8.80. The molecule has 0 saturated carbocycles. The lowest BCUT2D eigenvalue weighted by atomic mass is 10.0. The summed E-state index contributed by atoms with van der Waals surface area (Å²) in [7, 11) is 2.03. The van der Waals surface area contributed by atoms with Crippen molar-refractivity contribution in [2.24, 2.45) is 7.05 Å². The van der Waals surface area contributed by atoms with Gasteiger partial charge in [-0.3, -0.25) is 0 Å². The molecule has 2 aromatic carbocycles. The number of hydrogen-bond acceptors (Lipinski definition) is 2. The van der Waals surface area contributed by atoms with Crippen molar-refractivity contribution in [1.82, 2.24) is 15.0 Å². The molecule has 0 spiro atoms. The molecule has 0 bridgehead atoms. The van der Waals surface area contributed by atoms with Gasteiger partial charge in [-0.15, -0.1) is 5.10 Å². The van der Waals surface area contributed by atoms with Crippen molar-refractivity contribution >= 4 is 0 Å². The molecular formula is C22H21N4+. The molecule has 0 saturated heterocycles. The second-order valence-corrected chi connectivity index (χ2v) is 6.36. The highest BCUT2D eigenvalue weighted by molar-refractivity contribution is 5.77. The molecule has 4 aromatic rings. The molecule has 2 heterocycles. The van der Waals surface area contributed by atoms with Crippen LogP contribution >= 0.6 is 0 Å². The van der Waals surface area contributed by atoms with Gasteiger partial charge in [0.05, 0.1) is 5.69 Å². The zero-order valence-corrected chi connectivity index (χ0v) is 14.8. The van der Waals surface area contributed by atoms with Crippen LogP contribution in [0.4, 0.5) is 0 Å². The van der Waals surface area contributed by atoms with Crippen molar-refractivity contribution < 1.29 is 4.57 Å². The Hall–Kier alpha value is -3.27. The molecule has 2 aromatic heterocycles. The normalized spacial score (nSPS) is 10.8. The van der Waals surface area contributed by atoms with Gasteiger partial charge in [0.2, 0.25) is 0 Å². The van der Waals surface area contributed by atoms with Crippen LogP contribution in [0.25, 0.3) is 22.5 Å². The third kappa shape index (κ3) is 3.40. The fourth-order valence-corrected chi connectivity index (χ4v) is 3.08. The van der Waals surface area contributed by atoms with E-state index in [0.717, 1.165) is 35.5 Å². The van der Waals surface area contributed by atoms with Gasteiger partial charge >= 0.3 is 0 Å². The molecule has 4 rings (SSSR count). The Kier molecular flexibility index (Phi) is 4.56. The van der Waals surface area contributed by atoms with Gasteiger partial charge in [-0.2, -0.15) is 0 Å². The van der Waals surface area contributed by atoms with Crippen molar-refractivity contribution in [3.8, 4) is 22.5 Å². The third-order valence-electron chi connectivity index (χ3n) is 4.49. The maximum Gasteiger partial charge on any atom is 0.168 e. The van der Waals surface area contributed by atoms with Crippen molar-refractivity contribution in [3.63, 3.8) is 0 Å². The first-order chi connectivity index (χ1) is 12.8. The van der Waals surface area contributed by atoms with Crippen molar-refractivity contribution in [1.29, 1.82) is 0 Å². The molecule has 0 aliphatic carbocycles. The molecule has 0 fully saturated rings. The molecular weight excluding hydrogens is 320 g/mol. The maximum absolute atomic E-state index is 4.50. The molecule has 26 heavy (non-hydrogen) atoms. The summed E-state index contributed by atoms with van der Waals surface area (Å²) < 4.78 is 4.06. The third-order valence-corrected chi connectivity index (χ3v) is 4.49. The molecule has 0 unspecified atom stereocenters. The Balaban J connectivity index is 1.70. The molecule has 0 amide bonds. The van der Waals surface area contributed by atoms with E-state index in [-0.39, 0.29) is 0 Å². The van der Waals surface area contributed by atoms with E-state index in [1.165, 1.54) is 5.56 Å². The van der Waals surface area contributed by atoms with Gasteiger partial charge < -0.3 is 0 Å². The van der Waals surface area contributed by atoms with Gasteiger partial charge in [-0.05, 0) is 12.0 Å². The fraction of sp³-hybridized carbons (Fsp3) is 0.136. The van der Waals surface area contributed by atoms with Crippen molar-refractivity contribution in [2.45, 2.75) is 13.0 Å². The Morgan fingerprint density at radius 1 is 0.808 bits per heavy atom. The van der Waals surface area contributed by atoms with Crippen LogP contribution in [-0.4, -0.2) is 15.0 Å². The molecule has 128 valence electrons. The van der Waals surface area contributed by atoms with E-state index in [1.54, 1.807) is 0 Å². The monoisotopic (exact) mass is 341 g/mol. The topological polar surface area (TPSA) is 34.6 Å². The Bertz CT molecular complexity index is 974.